The molecule has 3 rings (SSSR count). The second-order valence-electron chi connectivity index (χ2n) is 5.52. The van der Waals surface area contributed by atoms with Crippen molar-refractivity contribution in [2.45, 2.75) is 38.5 Å². The number of aromatic nitrogens is 2. The summed E-state index contributed by atoms with van der Waals surface area (Å²) in [6, 6.07) is 4.08. The minimum Gasteiger partial charge on any atom is -0.355 e. The number of aromatic amines is 1. The maximum Gasteiger partial charge on any atom is 0.267 e. The predicted octanol–water partition coefficient (Wildman–Crippen LogP) is 1.61. The first-order valence-electron chi connectivity index (χ1n) is 7.62. The van der Waals surface area contributed by atoms with Crippen molar-refractivity contribution in [3.8, 4) is 0 Å². The van der Waals surface area contributed by atoms with Crippen LogP contribution in [0, 0.1) is 0 Å². The van der Waals surface area contributed by atoms with E-state index in [-0.39, 0.29) is 17.9 Å². The summed E-state index contributed by atoms with van der Waals surface area (Å²) in [6.45, 7) is 0.630. The van der Waals surface area contributed by atoms with Gasteiger partial charge in [0.2, 0.25) is 5.91 Å². The highest BCUT2D eigenvalue weighted by atomic mass is 32.1. The van der Waals surface area contributed by atoms with Crippen molar-refractivity contribution in [3.63, 3.8) is 0 Å². The smallest absolute Gasteiger partial charge is 0.267 e. The highest BCUT2D eigenvalue weighted by Gasteiger charge is 2.19. The first kappa shape index (κ1) is 15.0. The van der Waals surface area contributed by atoms with E-state index < -0.39 is 0 Å². The number of rotatable bonds is 5. The molecule has 22 heavy (non-hydrogen) atoms. The van der Waals surface area contributed by atoms with Gasteiger partial charge in [-0.3, -0.25) is 9.59 Å². The molecule has 0 fully saturated rings. The Bertz CT molecular complexity index is 707. The van der Waals surface area contributed by atoms with Gasteiger partial charge in [0.1, 0.15) is 0 Å². The molecule has 0 radical (unpaired) electrons. The zero-order valence-corrected chi connectivity index (χ0v) is 13.2. The van der Waals surface area contributed by atoms with Gasteiger partial charge in [0.25, 0.3) is 5.56 Å². The lowest BCUT2D eigenvalue weighted by Crippen LogP contribution is -2.30. The standard InChI is InChI=1S/C16H19N3O2S/c20-15(17-8-7-11-4-3-9-22-11)10-14-12-5-1-2-6-13(12)16(21)19-18-14/h3-4,9H,1-2,5-8,10H2,(H,17,20)(H,19,21). The first-order valence-corrected chi connectivity index (χ1v) is 8.50. The number of hydrogen-bond acceptors (Lipinski definition) is 4. The summed E-state index contributed by atoms with van der Waals surface area (Å²) < 4.78 is 0. The lowest BCUT2D eigenvalue weighted by atomic mass is 9.91. The molecule has 116 valence electrons. The van der Waals surface area contributed by atoms with Crippen molar-refractivity contribution >= 4 is 17.2 Å². The van der Waals surface area contributed by atoms with Gasteiger partial charge in [-0.2, -0.15) is 5.10 Å². The van der Waals surface area contributed by atoms with E-state index in [1.807, 2.05) is 11.4 Å². The van der Waals surface area contributed by atoms with E-state index >= 15 is 0 Å². The van der Waals surface area contributed by atoms with Crippen LogP contribution in [0.25, 0.3) is 0 Å². The molecule has 6 heteroatoms. The van der Waals surface area contributed by atoms with Crippen LogP contribution in [0.2, 0.25) is 0 Å². The Balaban J connectivity index is 1.60. The molecule has 2 aromatic heterocycles. The second-order valence-corrected chi connectivity index (χ2v) is 6.55. The van der Waals surface area contributed by atoms with Crippen molar-refractivity contribution < 1.29 is 4.79 Å². The Labute approximate surface area is 132 Å². The number of amides is 1. The number of fused-ring (bicyclic) bond motifs is 1. The van der Waals surface area contributed by atoms with Gasteiger partial charge in [-0.25, -0.2) is 5.10 Å². The molecule has 0 aliphatic heterocycles. The summed E-state index contributed by atoms with van der Waals surface area (Å²) in [6.07, 6.45) is 4.83. The number of carbonyl (C=O) groups excluding carboxylic acids is 1. The molecule has 5 nitrogen and oxygen atoms in total. The zero-order chi connectivity index (χ0) is 15.4. The summed E-state index contributed by atoms with van der Waals surface area (Å²) >= 11 is 1.70. The number of thiophene rings is 1. The summed E-state index contributed by atoms with van der Waals surface area (Å²) in [5.41, 5.74) is 2.44. The third kappa shape index (κ3) is 3.44. The predicted molar refractivity (Wildman–Crippen MR) is 86.2 cm³/mol. The van der Waals surface area contributed by atoms with Gasteiger partial charge >= 0.3 is 0 Å². The largest absolute Gasteiger partial charge is 0.355 e. The normalized spacial score (nSPS) is 13.6. The van der Waals surface area contributed by atoms with Crippen molar-refractivity contribution in [1.29, 1.82) is 0 Å². The lowest BCUT2D eigenvalue weighted by molar-refractivity contribution is -0.120. The minimum atomic E-state index is -0.100. The van der Waals surface area contributed by atoms with Gasteiger partial charge in [0.05, 0.1) is 12.1 Å². The van der Waals surface area contributed by atoms with Gasteiger partial charge in [0, 0.05) is 17.0 Å². The van der Waals surface area contributed by atoms with Crippen LogP contribution in [0.1, 0.15) is 34.5 Å². The monoisotopic (exact) mass is 317 g/mol. The van der Waals surface area contributed by atoms with Crippen LogP contribution in [0.5, 0.6) is 0 Å². The van der Waals surface area contributed by atoms with E-state index in [0.29, 0.717) is 6.54 Å². The molecule has 2 heterocycles. The minimum absolute atomic E-state index is 0.0381. The number of nitrogens with zero attached hydrogens (tertiary/aromatic N) is 1. The molecule has 1 amide bonds. The van der Waals surface area contributed by atoms with Crippen LogP contribution in [0.15, 0.2) is 22.3 Å². The molecule has 1 aliphatic carbocycles. The first-order chi connectivity index (χ1) is 10.7. The Kier molecular flexibility index (Phi) is 4.68. The summed E-state index contributed by atoms with van der Waals surface area (Å²) in [4.78, 5) is 25.1. The van der Waals surface area contributed by atoms with E-state index in [1.165, 1.54) is 4.88 Å². The van der Waals surface area contributed by atoms with E-state index in [1.54, 1.807) is 11.3 Å². The molecule has 0 atom stereocenters. The highest BCUT2D eigenvalue weighted by Crippen LogP contribution is 2.20. The van der Waals surface area contributed by atoms with Crippen LogP contribution >= 0.6 is 11.3 Å². The van der Waals surface area contributed by atoms with E-state index in [0.717, 1.165) is 48.9 Å². The molecule has 0 aromatic carbocycles. The number of hydrogen-bond donors (Lipinski definition) is 2. The molecule has 0 saturated carbocycles. The summed E-state index contributed by atoms with van der Waals surface area (Å²) in [5.74, 6) is -0.0381. The maximum absolute atomic E-state index is 12.1. The van der Waals surface area contributed by atoms with Crippen molar-refractivity contribution in [2.75, 3.05) is 6.54 Å². The van der Waals surface area contributed by atoms with Crippen LogP contribution in [0.3, 0.4) is 0 Å². The molecule has 0 saturated heterocycles. The fraction of sp³-hybridized carbons (Fsp3) is 0.438. The van der Waals surface area contributed by atoms with E-state index in [4.69, 9.17) is 0 Å². The average molecular weight is 317 g/mol. The van der Waals surface area contributed by atoms with Crippen molar-refractivity contribution in [1.82, 2.24) is 15.5 Å². The van der Waals surface area contributed by atoms with E-state index in [9.17, 15) is 9.59 Å². The van der Waals surface area contributed by atoms with Crippen LogP contribution in [-0.4, -0.2) is 22.6 Å². The fourth-order valence-corrected chi connectivity index (χ4v) is 3.58. The topological polar surface area (TPSA) is 74.8 Å². The number of carbonyl (C=O) groups is 1. The van der Waals surface area contributed by atoms with Gasteiger partial charge in [-0.15, -0.1) is 11.3 Å². The molecule has 1 aliphatic rings. The Morgan fingerprint density at radius 3 is 2.91 bits per heavy atom. The molecule has 0 spiro atoms. The molecule has 0 bridgehead atoms. The maximum atomic E-state index is 12.1. The Hall–Kier alpha value is -1.95. The zero-order valence-electron chi connectivity index (χ0n) is 12.4. The van der Waals surface area contributed by atoms with Gasteiger partial charge in [0.15, 0.2) is 0 Å². The number of H-pyrrole nitrogens is 1. The molecular formula is C16H19N3O2S. The fourth-order valence-electron chi connectivity index (χ4n) is 2.87. The molecule has 2 N–H and O–H groups in total. The van der Waals surface area contributed by atoms with Crippen molar-refractivity contribution in [3.05, 3.63) is 49.6 Å². The lowest BCUT2D eigenvalue weighted by Gasteiger charge is -2.17. The van der Waals surface area contributed by atoms with Crippen LogP contribution in [-0.2, 0) is 30.5 Å². The average Bonchev–Trinajstić information content (AvgIpc) is 3.04. The SMILES string of the molecule is O=C(Cc1n[nH]c(=O)c2c1CCCC2)NCCc1cccs1. The summed E-state index contributed by atoms with van der Waals surface area (Å²) in [5, 5.41) is 11.6. The van der Waals surface area contributed by atoms with Crippen LogP contribution < -0.4 is 10.9 Å². The van der Waals surface area contributed by atoms with Gasteiger partial charge in [-0.05, 0) is 49.1 Å². The quantitative estimate of drug-likeness (QED) is 0.880. The number of nitrogens with one attached hydrogen (secondary N) is 2. The Morgan fingerprint density at radius 2 is 2.14 bits per heavy atom. The Morgan fingerprint density at radius 1 is 1.32 bits per heavy atom. The van der Waals surface area contributed by atoms with Gasteiger partial charge in [-0.1, -0.05) is 6.07 Å². The van der Waals surface area contributed by atoms with Gasteiger partial charge < -0.3 is 5.32 Å². The molecule has 0 unspecified atom stereocenters. The molecular weight excluding hydrogens is 298 g/mol. The molecule has 2 aromatic rings. The van der Waals surface area contributed by atoms with Crippen molar-refractivity contribution in [2.24, 2.45) is 0 Å². The second kappa shape index (κ2) is 6.87. The third-order valence-corrected chi connectivity index (χ3v) is 4.92. The third-order valence-electron chi connectivity index (χ3n) is 3.98. The van der Waals surface area contributed by atoms with Crippen LogP contribution in [0.4, 0.5) is 0 Å². The highest BCUT2D eigenvalue weighted by molar-refractivity contribution is 7.09. The van der Waals surface area contributed by atoms with E-state index in [2.05, 4.69) is 21.6 Å². The summed E-state index contributed by atoms with van der Waals surface area (Å²) in [7, 11) is 0.